The van der Waals surface area contributed by atoms with Crippen LogP contribution in [0.3, 0.4) is 0 Å². The molecule has 13 rings (SSSR count). The normalized spacial score (nSPS) is 15.2. The van der Waals surface area contributed by atoms with E-state index >= 15 is 0 Å². The Balaban J connectivity index is 0.804. The van der Waals surface area contributed by atoms with Gasteiger partial charge in [-0.05, 0) is 206 Å². The number of fused-ring (bicyclic) bond motifs is 11. The Hall–Kier alpha value is -7.28. The first kappa shape index (κ1) is 40.0. The molecule has 0 saturated carbocycles. The Morgan fingerprint density at radius 1 is 0.224 bits per heavy atom. The Labute approximate surface area is 395 Å². The van der Waals surface area contributed by atoms with Crippen LogP contribution in [0.5, 0.6) is 0 Å². The highest BCUT2D eigenvalue weighted by Crippen LogP contribution is 2.55. The van der Waals surface area contributed by atoms with Gasteiger partial charge in [0.2, 0.25) is 0 Å². The van der Waals surface area contributed by atoms with Crippen molar-refractivity contribution in [1.29, 1.82) is 0 Å². The van der Waals surface area contributed by atoms with E-state index in [-0.39, 0.29) is 16.2 Å². The minimum absolute atomic E-state index is 0.125. The van der Waals surface area contributed by atoms with E-state index in [1.807, 2.05) is 0 Å². The molecule has 0 radical (unpaired) electrons. The molecule has 0 bridgehead atoms. The van der Waals surface area contributed by atoms with Crippen LogP contribution in [-0.2, 0) is 16.2 Å². The molecule has 0 atom stereocenters. The maximum absolute atomic E-state index is 2.48. The van der Waals surface area contributed by atoms with Crippen LogP contribution in [0, 0.1) is 13.8 Å². The van der Waals surface area contributed by atoms with Crippen molar-refractivity contribution in [3.63, 3.8) is 0 Å². The van der Waals surface area contributed by atoms with Crippen LogP contribution in [0.2, 0.25) is 0 Å². The monoisotopic (exact) mass is 858 g/mol. The second kappa shape index (κ2) is 13.9. The van der Waals surface area contributed by atoms with Gasteiger partial charge < -0.3 is 0 Å². The van der Waals surface area contributed by atoms with E-state index in [0.29, 0.717) is 0 Å². The summed E-state index contributed by atoms with van der Waals surface area (Å²) in [5.74, 6) is 0. The second-order valence-corrected chi connectivity index (χ2v) is 21.5. The molecule has 10 aromatic rings. The SMILES string of the molecule is Cc1cc2ccccc2cc1-c1ccc2c(c1)C(C)(C)c1cc(-c3ccc4c(c3)C(C)(C)c3cc(-c5ccc6c(c5)C(C)(C)c5cc(-c7cc8ccccc8cc7C)ccc5-6)ccc3-4)ccc1-2. The smallest absolute Gasteiger partial charge is 0.0159 e. The molecule has 67 heavy (non-hydrogen) atoms. The molecule has 0 nitrogen and oxygen atoms in total. The quantitative estimate of drug-likeness (QED) is 0.165. The van der Waals surface area contributed by atoms with Gasteiger partial charge in [0, 0.05) is 16.2 Å². The topological polar surface area (TPSA) is 0 Å². The summed E-state index contributed by atoms with van der Waals surface area (Å²) in [6.45, 7) is 18.9. The maximum atomic E-state index is 2.48. The van der Waals surface area contributed by atoms with Gasteiger partial charge in [-0.2, -0.15) is 0 Å². The molecule has 3 aliphatic rings. The molecule has 0 heterocycles. The summed E-state index contributed by atoms with van der Waals surface area (Å²) >= 11 is 0. The zero-order chi connectivity index (χ0) is 45.7. The van der Waals surface area contributed by atoms with E-state index in [1.165, 1.54) is 144 Å². The molecule has 0 saturated heterocycles. The van der Waals surface area contributed by atoms with Crippen LogP contribution in [0.15, 0.2) is 182 Å². The van der Waals surface area contributed by atoms with Crippen LogP contribution >= 0.6 is 0 Å². The molecule has 10 aromatic carbocycles. The molecule has 0 spiro atoms. The van der Waals surface area contributed by atoms with Crippen molar-refractivity contribution in [2.24, 2.45) is 0 Å². The van der Waals surface area contributed by atoms with E-state index < -0.39 is 0 Å². The summed E-state index contributed by atoms with van der Waals surface area (Å²) < 4.78 is 0. The molecule has 0 amide bonds. The first-order valence-electron chi connectivity index (χ1n) is 24.1. The van der Waals surface area contributed by atoms with Gasteiger partial charge in [-0.15, -0.1) is 0 Å². The highest BCUT2D eigenvalue weighted by atomic mass is 14.4. The first-order chi connectivity index (χ1) is 32.3. The predicted octanol–water partition coefficient (Wildman–Crippen LogP) is 18.2. The maximum Gasteiger partial charge on any atom is 0.0159 e. The third-order valence-corrected chi connectivity index (χ3v) is 16.5. The Morgan fingerprint density at radius 3 is 0.716 bits per heavy atom. The summed E-state index contributed by atoms with van der Waals surface area (Å²) in [4.78, 5) is 0. The number of benzene rings is 10. The van der Waals surface area contributed by atoms with Crippen molar-refractivity contribution in [3.05, 3.63) is 226 Å². The van der Waals surface area contributed by atoms with Gasteiger partial charge in [-0.3, -0.25) is 0 Å². The lowest BCUT2D eigenvalue weighted by Crippen LogP contribution is -2.16. The van der Waals surface area contributed by atoms with Gasteiger partial charge in [-0.25, -0.2) is 0 Å². The lowest BCUT2D eigenvalue weighted by Gasteiger charge is -2.24. The van der Waals surface area contributed by atoms with Crippen molar-refractivity contribution >= 4 is 21.5 Å². The predicted molar refractivity (Wildman–Crippen MR) is 285 cm³/mol. The van der Waals surface area contributed by atoms with E-state index in [1.54, 1.807) is 0 Å². The molecule has 3 aliphatic carbocycles. The lowest BCUT2D eigenvalue weighted by molar-refractivity contribution is 0.659. The Kier molecular flexibility index (Phi) is 8.29. The molecular weight excluding hydrogens is 805 g/mol. The van der Waals surface area contributed by atoms with E-state index in [4.69, 9.17) is 0 Å². The second-order valence-electron chi connectivity index (χ2n) is 21.5. The largest absolute Gasteiger partial charge is 0.0616 e. The van der Waals surface area contributed by atoms with Crippen molar-refractivity contribution < 1.29 is 0 Å². The third kappa shape index (κ3) is 5.78. The first-order valence-corrected chi connectivity index (χ1v) is 24.1. The summed E-state index contributed by atoms with van der Waals surface area (Å²) in [6.07, 6.45) is 0. The summed E-state index contributed by atoms with van der Waals surface area (Å²) in [5, 5.41) is 5.16. The highest BCUT2D eigenvalue weighted by Gasteiger charge is 2.39. The average molecular weight is 859 g/mol. The summed E-state index contributed by atoms with van der Waals surface area (Å²) in [5.41, 5.74) is 29.1. The Bertz CT molecular complexity index is 3540. The zero-order valence-electron chi connectivity index (χ0n) is 39.8. The summed E-state index contributed by atoms with van der Waals surface area (Å²) in [7, 11) is 0. The van der Waals surface area contributed by atoms with Crippen LogP contribution in [0.25, 0.3) is 99.4 Å². The molecule has 0 unspecified atom stereocenters. The van der Waals surface area contributed by atoms with Gasteiger partial charge in [0.05, 0.1) is 0 Å². The van der Waals surface area contributed by atoms with Crippen LogP contribution in [-0.4, -0.2) is 0 Å². The van der Waals surface area contributed by atoms with E-state index in [9.17, 15) is 0 Å². The van der Waals surface area contributed by atoms with Crippen molar-refractivity contribution in [2.45, 2.75) is 71.6 Å². The van der Waals surface area contributed by atoms with Gasteiger partial charge in [0.1, 0.15) is 0 Å². The molecule has 0 aliphatic heterocycles. The fourth-order valence-electron chi connectivity index (χ4n) is 12.6. The Morgan fingerprint density at radius 2 is 0.448 bits per heavy atom. The molecule has 322 valence electrons. The molecular formula is C67H54. The molecule has 0 aromatic heterocycles. The number of hydrogen-bond acceptors (Lipinski definition) is 0. The minimum atomic E-state index is -0.149. The third-order valence-electron chi connectivity index (χ3n) is 16.5. The molecule has 0 heteroatoms. The molecule has 0 N–H and O–H groups in total. The van der Waals surface area contributed by atoms with Gasteiger partial charge in [-0.1, -0.05) is 175 Å². The van der Waals surface area contributed by atoms with Crippen LogP contribution < -0.4 is 0 Å². The molecule has 0 fully saturated rings. The van der Waals surface area contributed by atoms with Gasteiger partial charge in [0.15, 0.2) is 0 Å². The highest BCUT2D eigenvalue weighted by molar-refractivity contribution is 5.94. The van der Waals surface area contributed by atoms with E-state index in [2.05, 4.69) is 237 Å². The van der Waals surface area contributed by atoms with E-state index in [0.717, 1.165) is 0 Å². The van der Waals surface area contributed by atoms with Crippen molar-refractivity contribution in [1.82, 2.24) is 0 Å². The van der Waals surface area contributed by atoms with Crippen LogP contribution in [0.4, 0.5) is 0 Å². The zero-order valence-corrected chi connectivity index (χ0v) is 39.8. The number of aryl methyl sites for hydroxylation is 2. The van der Waals surface area contributed by atoms with Gasteiger partial charge >= 0.3 is 0 Å². The fourth-order valence-corrected chi connectivity index (χ4v) is 12.6. The van der Waals surface area contributed by atoms with Crippen LogP contribution in [0.1, 0.15) is 86.1 Å². The standard InChI is InChI=1S/C67H54/c1-39-29-41-13-9-11-15-43(41)31-57(39)49-21-27-55-53-25-19-47(35-61(53)66(5,6)63(55)37-49)45-17-23-51-52-24-18-46(34-60(52)65(3,4)59(51)33-45)48-20-26-54-56-28-22-50(38-64(56)67(7,8)62(54)36-48)58-32-44-16-12-10-14-42(44)30-40(58)2/h9-38H,1-8H3. The fraction of sp³-hybridized carbons (Fsp3) is 0.164. The number of rotatable bonds is 4. The average Bonchev–Trinajstić information content (AvgIpc) is 3.81. The van der Waals surface area contributed by atoms with Crippen molar-refractivity contribution in [3.8, 4) is 77.9 Å². The van der Waals surface area contributed by atoms with Crippen molar-refractivity contribution in [2.75, 3.05) is 0 Å². The number of hydrogen-bond donors (Lipinski definition) is 0. The summed E-state index contributed by atoms with van der Waals surface area (Å²) in [6, 6.07) is 69.9. The lowest BCUT2D eigenvalue weighted by atomic mass is 9.79. The minimum Gasteiger partial charge on any atom is -0.0616 e. The van der Waals surface area contributed by atoms with Gasteiger partial charge in [0.25, 0.3) is 0 Å².